The molecule has 0 aliphatic carbocycles. The summed E-state index contributed by atoms with van der Waals surface area (Å²) in [6.45, 7) is 1.99. The molecule has 1 amide bonds. The zero-order valence-electron chi connectivity index (χ0n) is 12.5. The molecule has 4 nitrogen and oxygen atoms in total. The van der Waals surface area contributed by atoms with Gasteiger partial charge in [0.15, 0.2) is 0 Å². The molecule has 0 spiro atoms. The highest BCUT2D eigenvalue weighted by molar-refractivity contribution is 8.00. The highest BCUT2D eigenvalue weighted by atomic mass is 32.2. The Bertz CT molecular complexity index is 854. The van der Waals surface area contributed by atoms with Crippen LogP contribution >= 0.6 is 23.1 Å². The third kappa shape index (κ3) is 2.58. The van der Waals surface area contributed by atoms with E-state index in [9.17, 15) is 4.79 Å². The molecule has 6 heteroatoms. The molecular weight excluding hydrogens is 326 g/mol. The second-order valence-electron chi connectivity index (χ2n) is 5.44. The van der Waals surface area contributed by atoms with Crippen molar-refractivity contribution in [3.63, 3.8) is 0 Å². The van der Waals surface area contributed by atoms with Crippen LogP contribution < -0.4 is 5.32 Å². The van der Waals surface area contributed by atoms with E-state index in [1.165, 1.54) is 4.21 Å². The first-order valence-electron chi connectivity index (χ1n) is 7.37. The maximum Gasteiger partial charge on any atom is 0.270 e. The van der Waals surface area contributed by atoms with E-state index in [0.29, 0.717) is 5.69 Å². The van der Waals surface area contributed by atoms with Gasteiger partial charge in [0.25, 0.3) is 5.91 Å². The van der Waals surface area contributed by atoms with Crippen molar-refractivity contribution < 1.29 is 4.79 Å². The molecule has 23 heavy (non-hydrogen) atoms. The van der Waals surface area contributed by atoms with Crippen LogP contribution in [0.2, 0.25) is 0 Å². The van der Waals surface area contributed by atoms with Crippen molar-refractivity contribution in [1.29, 1.82) is 0 Å². The molecule has 0 bridgehead atoms. The number of H-pyrrole nitrogens is 1. The number of hydrogen-bond acceptors (Lipinski definition) is 4. The van der Waals surface area contributed by atoms with Gasteiger partial charge in [-0.1, -0.05) is 30.3 Å². The van der Waals surface area contributed by atoms with Crippen LogP contribution in [0.15, 0.2) is 46.0 Å². The summed E-state index contributed by atoms with van der Waals surface area (Å²) >= 11 is 3.49. The van der Waals surface area contributed by atoms with Gasteiger partial charge in [0, 0.05) is 16.9 Å². The number of thiophene rings is 1. The van der Waals surface area contributed by atoms with Crippen LogP contribution in [-0.4, -0.2) is 16.1 Å². The second kappa shape index (κ2) is 5.86. The number of aromatic amines is 1. The molecule has 1 aliphatic heterocycles. The number of carbonyl (C=O) groups excluding carboxylic acids is 1. The summed E-state index contributed by atoms with van der Waals surface area (Å²) in [5, 5.41) is 12.4. The van der Waals surface area contributed by atoms with Crippen LogP contribution in [0.4, 0.5) is 0 Å². The van der Waals surface area contributed by atoms with Gasteiger partial charge in [-0.05, 0) is 23.9 Å². The first-order valence-corrected chi connectivity index (χ1v) is 9.24. The van der Waals surface area contributed by atoms with Gasteiger partial charge in [-0.25, -0.2) is 0 Å². The van der Waals surface area contributed by atoms with E-state index in [0.717, 1.165) is 28.1 Å². The summed E-state index contributed by atoms with van der Waals surface area (Å²) in [7, 11) is 0. The van der Waals surface area contributed by atoms with E-state index in [-0.39, 0.29) is 11.9 Å². The molecule has 3 aromatic rings. The van der Waals surface area contributed by atoms with E-state index in [1.54, 1.807) is 23.1 Å². The van der Waals surface area contributed by atoms with E-state index >= 15 is 0 Å². The average molecular weight is 341 g/mol. The summed E-state index contributed by atoms with van der Waals surface area (Å²) in [4.78, 5) is 12.6. The highest BCUT2D eigenvalue weighted by Crippen LogP contribution is 2.44. The third-order valence-corrected chi connectivity index (χ3v) is 6.24. The minimum absolute atomic E-state index is 0.0457. The van der Waals surface area contributed by atoms with Gasteiger partial charge in [-0.15, -0.1) is 23.1 Å². The quantitative estimate of drug-likeness (QED) is 0.749. The number of amides is 1. The number of nitrogens with one attached hydrogen (secondary N) is 2. The monoisotopic (exact) mass is 341 g/mol. The molecule has 116 valence electrons. The zero-order chi connectivity index (χ0) is 15.8. The van der Waals surface area contributed by atoms with Crippen molar-refractivity contribution >= 4 is 29.0 Å². The lowest BCUT2D eigenvalue weighted by Gasteiger charge is -2.15. The highest BCUT2D eigenvalue weighted by Gasteiger charge is 2.27. The molecule has 0 fully saturated rings. The summed E-state index contributed by atoms with van der Waals surface area (Å²) in [6.07, 6.45) is 0. The number of hydrogen-bond donors (Lipinski definition) is 2. The Morgan fingerprint density at radius 3 is 2.96 bits per heavy atom. The van der Waals surface area contributed by atoms with Gasteiger partial charge in [0.2, 0.25) is 0 Å². The van der Waals surface area contributed by atoms with Crippen molar-refractivity contribution in [3.8, 4) is 11.3 Å². The molecule has 1 aliphatic rings. The van der Waals surface area contributed by atoms with E-state index in [1.807, 2.05) is 37.3 Å². The molecule has 1 unspecified atom stereocenters. The van der Waals surface area contributed by atoms with Crippen LogP contribution in [0.25, 0.3) is 11.3 Å². The Labute approximate surface area is 142 Å². The first kappa shape index (κ1) is 14.5. The number of carbonyl (C=O) groups is 1. The fourth-order valence-corrected chi connectivity index (χ4v) is 4.84. The van der Waals surface area contributed by atoms with Gasteiger partial charge >= 0.3 is 0 Å². The fraction of sp³-hybridized carbons (Fsp3) is 0.176. The summed E-state index contributed by atoms with van der Waals surface area (Å²) in [6, 6.07) is 12.0. The number of benzene rings is 1. The van der Waals surface area contributed by atoms with Gasteiger partial charge < -0.3 is 5.32 Å². The normalized spacial score (nSPS) is 14.0. The van der Waals surface area contributed by atoms with Gasteiger partial charge in [-0.3, -0.25) is 9.89 Å². The molecule has 2 aromatic heterocycles. The van der Waals surface area contributed by atoms with Gasteiger partial charge in [0.05, 0.1) is 15.9 Å². The van der Waals surface area contributed by atoms with E-state index in [4.69, 9.17) is 0 Å². The lowest BCUT2D eigenvalue weighted by molar-refractivity contribution is 0.0934. The van der Waals surface area contributed by atoms with Crippen LogP contribution in [0, 0.1) is 0 Å². The fourth-order valence-electron chi connectivity index (χ4n) is 2.73. The van der Waals surface area contributed by atoms with E-state index in [2.05, 4.69) is 27.0 Å². The van der Waals surface area contributed by atoms with Crippen LogP contribution in [0.5, 0.6) is 0 Å². The minimum atomic E-state index is -0.102. The molecule has 1 atom stereocenters. The lowest BCUT2D eigenvalue weighted by Crippen LogP contribution is -2.27. The number of aromatic nitrogens is 2. The van der Waals surface area contributed by atoms with Crippen molar-refractivity contribution in [3.05, 3.63) is 58.6 Å². The van der Waals surface area contributed by atoms with E-state index < -0.39 is 0 Å². The average Bonchev–Trinajstić information content (AvgIpc) is 3.21. The minimum Gasteiger partial charge on any atom is -0.344 e. The molecule has 1 aromatic carbocycles. The van der Waals surface area contributed by atoms with Crippen molar-refractivity contribution in [2.75, 3.05) is 0 Å². The maximum atomic E-state index is 12.6. The Morgan fingerprint density at radius 2 is 2.13 bits per heavy atom. The second-order valence-corrected chi connectivity index (χ2v) is 7.60. The standard InChI is InChI=1S/C17H15N3OS2/c1-10(11-5-3-2-4-6-11)18-16(21)15-13-9-23-17-12(7-8-22-17)14(13)19-20-15/h2-8,10H,9H2,1H3,(H,18,21)(H,19,20). The molecular formula is C17H15N3OS2. The van der Waals surface area contributed by atoms with Gasteiger partial charge in [-0.2, -0.15) is 5.10 Å². The number of thioether (sulfide) groups is 1. The molecule has 0 radical (unpaired) electrons. The molecule has 0 saturated heterocycles. The summed E-state index contributed by atoms with van der Waals surface area (Å²) in [5.74, 6) is 0.677. The third-order valence-electron chi connectivity index (χ3n) is 3.97. The molecule has 3 heterocycles. The molecule has 4 rings (SSSR count). The number of nitrogens with zero attached hydrogens (tertiary/aromatic N) is 1. The topological polar surface area (TPSA) is 57.8 Å². The molecule has 0 saturated carbocycles. The molecule has 2 N–H and O–H groups in total. The predicted molar refractivity (Wildman–Crippen MR) is 93.8 cm³/mol. The lowest BCUT2D eigenvalue weighted by atomic mass is 10.1. The van der Waals surface area contributed by atoms with Crippen molar-refractivity contribution in [2.24, 2.45) is 0 Å². The smallest absolute Gasteiger partial charge is 0.270 e. The maximum absolute atomic E-state index is 12.6. The van der Waals surface area contributed by atoms with Crippen LogP contribution in [0.3, 0.4) is 0 Å². The Balaban J connectivity index is 1.59. The predicted octanol–water partition coefficient (Wildman–Crippen LogP) is 4.23. The summed E-state index contributed by atoms with van der Waals surface area (Å²) in [5.41, 5.74) is 4.71. The Kier molecular flexibility index (Phi) is 3.71. The number of rotatable bonds is 3. The largest absolute Gasteiger partial charge is 0.344 e. The summed E-state index contributed by atoms with van der Waals surface area (Å²) < 4.78 is 1.27. The van der Waals surface area contributed by atoms with Crippen LogP contribution in [-0.2, 0) is 5.75 Å². The Hall–Kier alpha value is -2.05. The zero-order valence-corrected chi connectivity index (χ0v) is 14.1. The first-order chi connectivity index (χ1) is 11.2. The van der Waals surface area contributed by atoms with Crippen molar-refractivity contribution in [2.45, 2.75) is 22.9 Å². The Morgan fingerprint density at radius 1 is 1.30 bits per heavy atom. The van der Waals surface area contributed by atoms with Gasteiger partial charge in [0.1, 0.15) is 5.69 Å². The number of fused-ring (bicyclic) bond motifs is 3. The SMILES string of the molecule is CC(NC(=O)c1[nH]nc2c1CSc1sccc1-2)c1ccccc1. The van der Waals surface area contributed by atoms with Crippen LogP contribution in [0.1, 0.15) is 34.6 Å². The van der Waals surface area contributed by atoms with Crippen molar-refractivity contribution in [1.82, 2.24) is 15.5 Å².